The number of aromatic nitrogens is 1. The maximum absolute atomic E-state index is 12.8. The van der Waals surface area contributed by atoms with Crippen LogP contribution in [0, 0.1) is 0 Å². The molecular formula is C24H22F3N3O6S. The second kappa shape index (κ2) is 11.5. The van der Waals surface area contributed by atoms with Gasteiger partial charge in [-0.3, -0.25) is 14.9 Å². The van der Waals surface area contributed by atoms with Crippen LogP contribution >= 0.6 is 11.3 Å². The van der Waals surface area contributed by atoms with Gasteiger partial charge in [-0.25, -0.2) is 4.98 Å². The van der Waals surface area contributed by atoms with E-state index in [1.807, 2.05) is 0 Å². The summed E-state index contributed by atoms with van der Waals surface area (Å²) in [4.78, 5) is 31.0. The highest BCUT2D eigenvalue weighted by molar-refractivity contribution is 7.14. The van der Waals surface area contributed by atoms with E-state index in [1.165, 1.54) is 49.6 Å². The Morgan fingerprint density at radius 3 is 2.51 bits per heavy atom. The molecule has 0 spiro atoms. The summed E-state index contributed by atoms with van der Waals surface area (Å²) in [5, 5.41) is 4.64. The second-order valence-electron chi connectivity index (χ2n) is 7.71. The molecular weight excluding hydrogens is 515 g/mol. The number of hydrogen-bond acceptors (Lipinski definition) is 8. The summed E-state index contributed by atoms with van der Waals surface area (Å²) in [6.07, 6.45) is -4.77. The van der Waals surface area contributed by atoms with Crippen LogP contribution in [0.5, 0.6) is 17.2 Å². The highest BCUT2D eigenvalue weighted by Gasteiger charge is 2.31. The van der Waals surface area contributed by atoms with Gasteiger partial charge in [0.2, 0.25) is 0 Å². The number of ether oxygens (including phenoxy) is 4. The Kier molecular flexibility index (Phi) is 8.14. The zero-order chi connectivity index (χ0) is 26.4. The van der Waals surface area contributed by atoms with Crippen molar-refractivity contribution < 1.29 is 41.7 Å². The molecule has 1 N–H and O–H groups in total. The van der Waals surface area contributed by atoms with Gasteiger partial charge < -0.3 is 23.8 Å². The van der Waals surface area contributed by atoms with E-state index in [0.29, 0.717) is 48.4 Å². The van der Waals surface area contributed by atoms with Gasteiger partial charge in [0.15, 0.2) is 23.2 Å². The molecule has 196 valence electrons. The van der Waals surface area contributed by atoms with Crippen molar-refractivity contribution in [2.75, 3.05) is 45.3 Å². The lowest BCUT2D eigenvalue weighted by Crippen LogP contribution is -2.43. The third kappa shape index (κ3) is 7.11. The Balaban J connectivity index is 1.37. The van der Waals surface area contributed by atoms with Gasteiger partial charge in [0.1, 0.15) is 5.75 Å². The lowest BCUT2D eigenvalue weighted by molar-refractivity contribution is -0.274. The van der Waals surface area contributed by atoms with Crippen LogP contribution in [0.25, 0.3) is 11.3 Å². The Morgan fingerprint density at radius 2 is 1.84 bits per heavy atom. The van der Waals surface area contributed by atoms with Crippen LogP contribution in [0.1, 0.15) is 10.4 Å². The minimum absolute atomic E-state index is 0.172. The highest BCUT2D eigenvalue weighted by atomic mass is 32.1. The van der Waals surface area contributed by atoms with Crippen LogP contribution in [0.4, 0.5) is 18.3 Å². The molecule has 2 heterocycles. The standard InChI is InChI=1S/C24H22F3N3O6S/c1-33-20-12-16(4-7-19(20)35-13-21(31)30-8-10-34-11-9-30)22(32)29-23-28-18(14-37-23)15-2-5-17(6-3-15)36-24(25,26)27/h2-7,12,14H,8-11,13H2,1H3,(H,28,29,32). The molecule has 2 amide bonds. The fourth-order valence-electron chi connectivity index (χ4n) is 3.43. The summed E-state index contributed by atoms with van der Waals surface area (Å²) in [5.74, 6) is -0.372. The maximum Gasteiger partial charge on any atom is 0.573 e. The van der Waals surface area contributed by atoms with E-state index in [-0.39, 0.29) is 29.6 Å². The molecule has 1 aliphatic heterocycles. The molecule has 9 nitrogen and oxygen atoms in total. The number of hydrogen-bond donors (Lipinski definition) is 1. The Bertz CT molecular complexity index is 1240. The Hall–Kier alpha value is -3.84. The van der Waals surface area contributed by atoms with Crippen molar-refractivity contribution in [3.05, 3.63) is 53.4 Å². The fraction of sp³-hybridized carbons (Fsp3) is 0.292. The first kappa shape index (κ1) is 26.2. The molecule has 0 radical (unpaired) electrons. The van der Waals surface area contributed by atoms with Gasteiger partial charge in [0.25, 0.3) is 11.8 Å². The molecule has 4 rings (SSSR count). The number of methoxy groups -OCH3 is 1. The zero-order valence-corrected chi connectivity index (χ0v) is 20.4. The monoisotopic (exact) mass is 537 g/mol. The molecule has 1 aromatic heterocycles. The van der Waals surface area contributed by atoms with Crippen LogP contribution in [0.2, 0.25) is 0 Å². The first-order valence-corrected chi connectivity index (χ1v) is 11.9. The van der Waals surface area contributed by atoms with E-state index < -0.39 is 12.3 Å². The van der Waals surface area contributed by atoms with Crippen molar-refractivity contribution in [3.8, 4) is 28.5 Å². The number of anilines is 1. The van der Waals surface area contributed by atoms with Gasteiger partial charge in [-0.2, -0.15) is 0 Å². The van der Waals surface area contributed by atoms with Crippen molar-refractivity contribution in [2.24, 2.45) is 0 Å². The first-order valence-electron chi connectivity index (χ1n) is 11.0. The van der Waals surface area contributed by atoms with Crippen molar-refractivity contribution in [3.63, 3.8) is 0 Å². The number of rotatable bonds is 8. The zero-order valence-electron chi connectivity index (χ0n) is 19.5. The van der Waals surface area contributed by atoms with Crippen LogP contribution in [0.3, 0.4) is 0 Å². The predicted octanol–water partition coefficient (Wildman–Crippen LogP) is 4.21. The molecule has 1 fully saturated rings. The van der Waals surface area contributed by atoms with Gasteiger partial charge >= 0.3 is 6.36 Å². The van der Waals surface area contributed by atoms with Gasteiger partial charge in [-0.15, -0.1) is 24.5 Å². The lowest BCUT2D eigenvalue weighted by Gasteiger charge is -2.26. The highest BCUT2D eigenvalue weighted by Crippen LogP contribution is 2.31. The topological polar surface area (TPSA) is 99.2 Å². The summed E-state index contributed by atoms with van der Waals surface area (Å²) in [6, 6.07) is 9.80. The van der Waals surface area contributed by atoms with Crippen molar-refractivity contribution >= 4 is 28.3 Å². The van der Waals surface area contributed by atoms with Crippen molar-refractivity contribution in [1.29, 1.82) is 0 Å². The van der Waals surface area contributed by atoms with Crippen molar-refractivity contribution in [1.82, 2.24) is 9.88 Å². The molecule has 0 aliphatic carbocycles. The predicted molar refractivity (Wildman–Crippen MR) is 128 cm³/mol. The van der Waals surface area contributed by atoms with Crippen LogP contribution in [-0.2, 0) is 9.53 Å². The van der Waals surface area contributed by atoms with Crippen LogP contribution < -0.4 is 19.5 Å². The van der Waals surface area contributed by atoms with Crippen LogP contribution in [-0.4, -0.2) is 68.1 Å². The average Bonchev–Trinajstić information content (AvgIpc) is 3.35. The summed E-state index contributed by atoms with van der Waals surface area (Å²) in [7, 11) is 1.42. The number of morpholine rings is 1. The summed E-state index contributed by atoms with van der Waals surface area (Å²) < 4.78 is 57.0. The molecule has 0 saturated carbocycles. The number of benzene rings is 2. The second-order valence-corrected chi connectivity index (χ2v) is 8.57. The Morgan fingerprint density at radius 1 is 1.11 bits per heavy atom. The third-order valence-corrected chi connectivity index (χ3v) is 6.01. The summed E-state index contributed by atoms with van der Waals surface area (Å²) in [6.45, 7) is 1.82. The van der Waals surface area contributed by atoms with Gasteiger partial charge in [-0.05, 0) is 42.5 Å². The van der Waals surface area contributed by atoms with Gasteiger partial charge in [0.05, 0.1) is 26.0 Å². The number of halogens is 3. The molecule has 3 aromatic rings. The van der Waals surface area contributed by atoms with E-state index in [2.05, 4.69) is 15.0 Å². The fourth-order valence-corrected chi connectivity index (χ4v) is 4.15. The van der Waals surface area contributed by atoms with E-state index in [4.69, 9.17) is 14.2 Å². The number of nitrogens with zero attached hydrogens (tertiary/aromatic N) is 2. The van der Waals surface area contributed by atoms with E-state index in [1.54, 1.807) is 10.3 Å². The minimum atomic E-state index is -4.77. The van der Waals surface area contributed by atoms with E-state index >= 15 is 0 Å². The van der Waals surface area contributed by atoms with Crippen molar-refractivity contribution in [2.45, 2.75) is 6.36 Å². The van der Waals surface area contributed by atoms with Crippen LogP contribution in [0.15, 0.2) is 47.8 Å². The third-order valence-electron chi connectivity index (χ3n) is 5.25. The molecule has 2 aromatic carbocycles. The number of alkyl halides is 3. The number of nitrogens with one attached hydrogen (secondary N) is 1. The molecule has 0 unspecified atom stereocenters. The normalized spacial score (nSPS) is 13.7. The Labute approximate surface area is 213 Å². The summed E-state index contributed by atoms with van der Waals surface area (Å²) in [5.41, 5.74) is 1.31. The minimum Gasteiger partial charge on any atom is -0.493 e. The molecule has 1 aliphatic rings. The van der Waals surface area contributed by atoms with E-state index in [0.717, 1.165) is 11.3 Å². The largest absolute Gasteiger partial charge is 0.573 e. The van der Waals surface area contributed by atoms with Gasteiger partial charge in [0, 0.05) is 29.6 Å². The molecule has 37 heavy (non-hydrogen) atoms. The number of carbonyl (C=O) groups is 2. The SMILES string of the molecule is COc1cc(C(=O)Nc2nc(-c3ccc(OC(F)(F)F)cc3)cs2)ccc1OCC(=O)N1CCOCC1. The smallest absolute Gasteiger partial charge is 0.493 e. The maximum atomic E-state index is 12.8. The molecule has 0 bridgehead atoms. The number of amides is 2. The number of carbonyl (C=O) groups excluding carboxylic acids is 2. The quantitative estimate of drug-likeness (QED) is 0.460. The number of thiazole rings is 1. The first-order chi connectivity index (χ1) is 17.7. The molecule has 0 atom stereocenters. The average molecular weight is 538 g/mol. The molecule has 13 heteroatoms. The van der Waals surface area contributed by atoms with E-state index in [9.17, 15) is 22.8 Å². The summed E-state index contributed by atoms with van der Waals surface area (Å²) >= 11 is 1.16. The molecule has 1 saturated heterocycles. The lowest BCUT2D eigenvalue weighted by atomic mass is 10.2. The van der Waals surface area contributed by atoms with Gasteiger partial charge in [-0.1, -0.05) is 0 Å².